The van der Waals surface area contributed by atoms with E-state index in [1.165, 1.54) is 31.5 Å². The Morgan fingerprint density at radius 1 is 1.30 bits per heavy atom. The second kappa shape index (κ2) is 12.0. The molecule has 4 aromatic rings. The number of fused-ring (bicyclic) bond motifs is 1. The number of benzene rings is 2. The Morgan fingerprint density at radius 3 is 2.89 bits per heavy atom. The predicted octanol–water partition coefficient (Wildman–Crippen LogP) is 4.37. The van der Waals surface area contributed by atoms with Crippen molar-refractivity contribution in [1.82, 2.24) is 25.3 Å². The summed E-state index contributed by atoms with van der Waals surface area (Å²) >= 11 is 9.49. The zero-order chi connectivity index (χ0) is 26.4. The normalized spacial score (nSPS) is 10.8. The fourth-order valence-corrected chi connectivity index (χ4v) is 4.26. The fourth-order valence-electron chi connectivity index (χ4n) is 3.51. The van der Waals surface area contributed by atoms with E-state index in [4.69, 9.17) is 16.3 Å². The maximum Gasteiger partial charge on any atom is 0.246 e. The third-order valence-electron chi connectivity index (χ3n) is 5.23. The van der Waals surface area contributed by atoms with Gasteiger partial charge in [0.25, 0.3) is 0 Å². The zero-order valence-corrected chi connectivity index (χ0v) is 21.9. The molecule has 10 nitrogen and oxygen atoms in total. The molecule has 0 bridgehead atoms. The monoisotopic (exact) mass is 586 g/mol. The molecule has 4 rings (SSSR count). The first-order valence-electron chi connectivity index (χ1n) is 11.0. The SMILES string of the molecule is COCC(=O)NCCn1cc(CNc2cc(Br)c3ncc(C#N)c(Nc4ccc(F)c(Cl)c4)c3c2)nn1. The zero-order valence-electron chi connectivity index (χ0n) is 19.6. The lowest BCUT2D eigenvalue weighted by Crippen LogP contribution is -2.30. The van der Waals surface area contributed by atoms with E-state index in [-0.39, 0.29) is 17.5 Å². The van der Waals surface area contributed by atoms with Crippen LogP contribution >= 0.6 is 27.5 Å². The van der Waals surface area contributed by atoms with Crippen LogP contribution in [0.5, 0.6) is 0 Å². The Hall–Kier alpha value is -3.79. The summed E-state index contributed by atoms with van der Waals surface area (Å²) in [5, 5.41) is 27.8. The molecule has 2 aromatic heterocycles. The molecular formula is C24H21BrClFN8O2. The van der Waals surface area contributed by atoms with Gasteiger partial charge in [0.2, 0.25) is 5.91 Å². The fraction of sp³-hybridized carbons (Fsp3) is 0.208. The van der Waals surface area contributed by atoms with Crippen molar-refractivity contribution in [2.75, 3.05) is 30.9 Å². The number of hydrogen-bond acceptors (Lipinski definition) is 8. The number of methoxy groups -OCH3 is 1. The lowest BCUT2D eigenvalue weighted by molar-refractivity contribution is -0.124. The molecule has 0 aliphatic heterocycles. The number of anilines is 3. The van der Waals surface area contributed by atoms with Crippen LogP contribution in [0.2, 0.25) is 5.02 Å². The Labute approximate surface area is 224 Å². The highest BCUT2D eigenvalue weighted by Gasteiger charge is 2.14. The van der Waals surface area contributed by atoms with Gasteiger partial charge >= 0.3 is 0 Å². The van der Waals surface area contributed by atoms with Gasteiger partial charge in [0, 0.05) is 41.1 Å². The van der Waals surface area contributed by atoms with Crippen LogP contribution in [0.1, 0.15) is 11.3 Å². The van der Waals surface area contributed by atoms with Crippen LogP contribution in [0, 0.1) is 17.1 Å². The summed E-state index contributed by atoms with van der Waals surface area (Å²) in [5.74, 6) is -0.730. The highest BCUT2D eigenvalue weighted by Crippen LogP contribution is 2.35. The molecule has 0 fully saturated rings. The molecule has 0 radical (unpaired) electrons. The molecule has 0 saturated carbocycles. The number of hydrogen-bond donors (Lipinski definition) is 3. The van der Waals surface area contributed by atoms with Crippen LogP contribution in [-0.4, -0.2) is 46.1 Å². The van der Waals surface area contributed by atoms with Crippen molar-refractivity contribution < 1.29 is 13.9 Å². The maximum absolute atomic E-state index is 13.6. The standard InChI is InChI=1S/C24H21BrClFN8O2/c1-37-13-22(36)29-4-5-35-12-17(33-34-35)11-30-16-6-18-23(32-15-2-3-21(27)20(26)8-15)14(9-28)10-31-24(18)19(25)7-16/h2-3,6-8,10,12,30H,4-5,11,13H2,1H3,(H,29,36)(H,31,32). The van der Waals surface area contributed by atoms with Crippen LogP contribution in [0.4, 0.5) is 21.5 Å². The first kappa shape index (κ1) is 26.3. The van der Waals surface area contributed by atoms with Crippen molar-refractivity contribution in [3.63, 3.8) is 0 Å². The van der Waals surface area contributed by atoms with Crippen LogP contribution in [0.15, 0.2) is 47.2 Å². The number of carbonyl (C=O) groups is 1. The second-order valence-corrected chi connectivity index (χ2v) is 9.14. The van der Waals surface area contributed by atoms with Crippen molar-refractivity contribution in [1.29, 1.82) is 5.26 Å². The van der Waals surface area contributed by atoms with Crippen LogP contribution < -0.4 is 16.0 Å². The van der Waals surface area contributed by atoms with E-state index < -0.39 is 5.82 Å². The summed E-state index contributed by atoms with van der Waals surface area (Å²) in [6.45, 7) is 1.26. The maximum atomic E-state index is 13.6. The summed E-state index contributed by atoms with van der Waals surface area (Å²) in [6, 6.07) is 10.1. The van der Waals surface area contributed by atoms with Gasteiger partial charge in [0.05, 0.1) is 41.1 Å². The molecule has 190 valence electrons. The lowest BCUT2D eigenvalue weighted by atomic mass is 10.1. The first-order valence-corrected chi connectivity index (χ1v) is 12.2. The molecular weight excluding hydrogens is 567 g/mol. The van der Waals surface area contributed by atoms with E-state index in [2.05, 4.69) is 53.2 Å². The van der Waals surface area contributed by atoms with Gasteiger partial charge in [-0.1, -0.05) is 16.8 Å². The predicted molar refractivity (Wildman–Crippen MR) is 141 cm³/mol. The number of nitrogens with one attached hydrogen (secondary N) is 3. The van der Waals surface area contributed by atoms with E-state index in [1.807, 2.05) is 12.1 Å². The summed E-state index contributed by atoms with van der Waals surface area (Å²) in [5.41, 5.74) is 3.45. The Bertz CT molecular complexity index is 1490. The van der Waals surface area contributed by atoms with E-state index in [0.717, 1.165) is 5.69 Å². The summed E-state index contributed by atoms with van der Waals surface area (Å²) < 4.78 is 20.8. The van der Waals surface area contributed by atoms with Crippen molar-refractivity contribution in [3.05, 3.63) is 69.3 Å². The smallest absolute Gasteiger partial charge is 0.246 e. The average molecular weight is 588 g/mol. The number of rotatable bonds is 10. The van der Waals surface area contributed by atoms with Gasteiger partial charge in [0.15, 0.2) is 0 Å². The molecule has 0 unspecified atom stereocenters. The molecule has 0 aliphatic rings. The van der Waals surface area contributed by atoms with E-state index in [9.17, 15) is 14.4 Å². The molecule has 0 aliphatic carbocycles. The van der Waals surface area contributed by atoms with Crippen LogP contribution in [0.25, 0.3) is 10.9 Å². The third kappa shape index (κ3) is 6.51. The topological polar surface area (TPSA) is 130 Å². The molecule has 2 heterocycles. The molecule has 0 spiro atoms. The summed E-state index contributed by atoms with van der Waals surface area (Å²) in [7, 11) is 1.46. The second-order valence-electron chi connectivity index (χ2n) is 7.88. The van der Waals surface area contributed by atoms with Crippen molar-refractivity contribution in [3.8, 4) is 6.07 Å². The summed E-state index contributed by atoms with van der Waals surface area (Å²) in [4.78, 5) is 15.9. The van der Waals surface area contributed by atoms with Gasteiger partial charge in [0.1, 0.15) is 24.2 Å². The van der Waals surface area contributed by atoms with E-state index in [1.54, 1.807) is 10.9 Å². The average Bonchev–Trinajstić information content (AvgIpc) is 3.33. The number of halogens is 3. The molecule has 37 heavy (non-hydrogen) atoms. The number of amides is 1. The first-order chi connectivity index (χ1) is 17.9. The van der Waals surface area contributed by atoms with E-state index in [0.29, 0.717) is 57.6 Å². The quantitative estimate of drug-likeness (QED) is 0.249. The number of nitrogens with zero attached hydrogens (tertiary/aromatic N) is 5. The van der Waals surface area contributed by atoms with Gasteiger partial charge in [-0.25, -0.2) is 4.39 Å². The minimum atomic E-state index is -0.533. The van der Waals surface area contributed by atoms with Crippen molar-refractivity contribution >= 4 is 61.4 Å². The van der Waals surface area contributed by atoms with Gasteiger partial charge in [-0.05, 0) is 46.3 Å². The van der Waals surface area contributed by atoms with Gasteiger partial charge in [-0.3, -0.25) is 14.5 Å². The molecule has 13 heteroatoms. The van der Waals surface area contributed by atoms with Crippen LogP contribution in [0.3, 0.4) is 0 Å². The van der Waals surface area contributed by atoms with Crippen molar-refractivity contribution in [2.24, 2.45) is 0 Å². The van der Waals surface area contributed by atoms with Gasteiger partial charge in [-0.2, -0.15) is 5.26 Å². The molecule has 3 N–H and O–H groups in total. The number of ether oxygens (including phenoxy) is 1. The summed E-state index contributed by atoms with van der Waals surface area (Å²) in [6.07, 6.45) is 3.26. The minimum Gasteiger partial charge on any atom is -0.379 e. The molecule has 2 aromatic carbocycles. The third-order valence-corrected chi connectivity index (χ3v) is 6.13. The highest BCUT2D eigenvalue weighted by molar-refractivity contribution is 9.10. The minimum absolute atomic E-state index is 0.00804. The number of aromatic nitrogens is 4. The van der Waals surface area contributed by atoms with Crippen molar-refractivity contribution in [2.45, 2.75) is 13.1 Å². The van der Waals surface area contributed by atoms with E-state index >= 15 is 0 Å². The highest BCUT2D eigenvalue weighted by atomic mass is 79.9. The molecule has 0 saturated heterocycles. The number of pyridine rings is 1. The Morgan fingerprint density at radius 2 is 2.14 bits per heavy atom. The Kier molecular flexibility index (Phi) is 8.50. The number of nitriles is 1. The van der Waals surface area contributed by atoms with Gasteiger partial charge in [-0.15, -0.1) is 5.10 Å². The lowest BCUT2D eigenvalue weighted by Gasteiger charge is -2.14. The Balaban J connectivity index is 1.52. The molecule has 0 atom stereocenters. The number of carbonyl (C=O) groups excluding carboxylic acids is 1. The van der Waals surface area contributed by atoms with Crippen LogP contribution in [-0.2, 0) is 22.6 Å². The largest absolute Gasteiger partial charge is 0.379 e. The molecule has 1 amide bonds. The van der Waals surface area contributed by atoms with Gasteiger partial charge < -0.3 is 20.7 Å².